The second kappa shape index (κ2) is 8.72. The number of carbonyl (C=O) groups is 1. The molecule has 2 N–H and O–H groups in total. The molecule has 0 aliphatic heterocycles. The summed E-state index contributed by atoms with van der Waals surface area (Å²) in [6, 6.07) is 7.31. The quantitative estimate of drug-likeness (QED) is 0.299. The molecule has 2 aromatic heterocycles. The van der Waals surface area contributed by atoms with E-state index < -0.39 is 0 Å². The average Bonchev–Trinajstić information content (AvgIpc) is 3.37. The van der Waals surface area contributed by atoms with Crippen LogP contribution in [0.25, 0.3) is 22.4 Å². The van der Waals surface area contributed by atoms with Crippen LogP contribution in [0, 0.1) is 6.92 Å². The molecule has 0 fully saturated rings. The fourth-order valence-electron chi connectivity index (χ4n) is 3.21. The van der Waals surface area contributed by atoms with Gasteiger partial charge in [-0.3, -0.25) is 4.79 Å². The highest BCUT2D eigenvalue weighted by molar-refractivity contribution is 9.11. The number of ketones is 1. The number of ether oxygens (including phenoxy) is 2. The molecular weight excluding hydrogens is 532 g/mol. The first-order valence-electron chi connectivity index (χ1n) is 9.21. The number of aryl methyl sites for hydroxylation is 1. The molecule has 31 heavy (non-hydrogen) atoms. The van der Waals surface area contributed by atoms with Gasteiger partial charge in [0.05, 0.1) is 36.5 Å². The third-order valence-corrected chi connectivity index (χ3v) is 6.02. The van der Waals surface area contributed by atoms with Gasteiger partial charge in [-0.25, -0.2) is 0 Å². The molecule has 8 nitrogen and oxygen atoms in total. The highest BCUT2D eigenvalue weighted by atomic mass is 79.9. The van der Waals surface area contributed by atoms with Gasteiger partial charge in [0.1, 0.15) is 11.5 Å². The summed E-state index contributed by atoms with van der Waals surface area (Å²) in [6.45, 7) is 1.81. The maximum absolute atomic E-state index is 13.0. The number of nitrogens with zero attached hydrogens (tertiary/aromatic N) is 2. The fraction of sp³-hybridized carbons (Fsp3) is 0.190. The van der Waals surface area contributed by atoms with E-state index in [0.717, 1.165) is 19.8 Å². The second-order valence-electron chi connectivity index (χ2n) is 6.69. The summed E-state index contributed by atoms with van der Waals surface area (Å²) in [6.07, 6.45) is 1.70. The van der Waals surface area contributed by atoms with E-state index in [2.05, 4.69) is 52.3 Å². The molecule has 2 heterocycles. The molecule has 0 aliphatic carbocycles. The summed E-state index contributed by atoms with van der Waals surface area (Å²) >= 11 is 6.98. The Morgan fingerprint density at radius 3 is 2.58 bits per heavy atom. The molecule has 0 spiro atoms. The summed E-state index contributed by atoms with van der Waals surface area (Å²) in [5.74, 6) is 2.09. The Balaban J connectivity index is 1.61. The van der Waals surface area contributed by atoms with E-state index in [-0.39, 0.29) is 12.3 Å². The van der Waals surface area contributed by atoms with Crippen molar-refractivity contribution in [3.63, 3.8) is 0 Å². The Kier molecular flexibility index (Phi) is 6.01. The van der Waals surface area contributed by atoms with Crippen LogP contribution < -0.4 is 14.8 Å². The van der Waals surface area contributed by atoms with E-state index in [1.807, 2.05) is 12.1 Å². The molecule has 4 rings (SSSR count). The molecule has 0 bridgehead atoms. The zero-order valence-corrected chi connectivity index (χ0v) is 20.0. The molecule has 10 heteroatoms. The van der Waals surface area contributed by atoms with Crippen molar-refractivity contribution in [1.29, 1.82) is 0 Å². The fourth-order valence-corrected chi connectivity index (χ4v) is 4.21. The van der Waals surface area contributed by atoms with Crippen LogP contribution in [0.15, 0.2) is 43.9 Å². The standard InChI is InChI=1S/C21H18Br2N4O4/c1-10-26-21(31-27-10)12-5-17(20(30-3)6-14(12)22)25-9-18(28)13-8-24-16-7-19(29-2)15(23)4-11(13)16/h4-8,24-25H,9H2,1-3H3. The van der Waals surface area contributed by atoms with Crippen molar-refractivity contribution in [2.75, 3.05) is 26.1 Å². The van der Waals surface area contributed by atoms with E-state index in [9.17, 15) is 4.79 Å². The van der Waals surface area contributed by atoms with Crippen molar-refractivity contribution in [2.45, 2.75) is 6.92 Å². The number of fused-ring (bicyclic) bond motifs is 1. The van der Waals surface area contributed by atoms with Crippen LogP contribution in [0.4, 0.5) is 5.69 Å². The van der Waals surface area contributed by atoms with Crippen LogP contribution in [-0.2, 0) is 0 Å². The van der Waals surface area contributed by atoms with Crippen LogP contribution in [0.2, 0.25) is 0 Å². The number of aromatic nitrogens is 3. The molecule has 160 valence electrons. The summed E-state index contributed by atoms with van der Waals surface area (Å²) in [7, 11) is 3.16. The van der Waals surface area contributed by atoms with Crippen LogP contribution in [0.3, 0.4) is 0 Å². The van der Waals surface area contributed by atoms with Gasteiger partial charge >= 0.3 is 0 Å². The molecule has 0 aliphatic rings. The predicted octanol–water partition coefficient (Wildman–Crippen LogP) is 5.36. The molecule has 0 atom stereocenters. The lowest BCUT2D eigenvalue weighted by Gasteiger charge is -2.13. The Hall–Kier alpha value is -2.85. The third kappa shape index (κ3) is 4.17. The van der Waals surface area contributed by atoms with Gasteiger partial charge in [-0.15, -0.1) is 0 Å². The van der Waals surface area contributed by atoms with Gasteiger partial charge in [-0.1, -0.05) is 5.16 Å². The van der Waals surface area contributed by atoms with E-state index in [4.69, 9.17) is 14.0 Å². The number of Topliss-reactive ketones (excluding diaryl/α,β-unsaturated/α-hetero) is 1. The van der Waals surface area contributed by atoms with E-state index >= 15 is 0 Å². The number of hydrogen-bond acceptors (Lipinski definition) is 7. The first-order valence-corrected chi connectivity index (χ1v) is 10.8. The Bertz CT molecular complexity index is 1280. The van der Waals surface area contributed by atoms with Crippen molar-refractivity contribution in [2.24, 2.45) is 0 Å². The van der Waals surface area contributed by atoms with Crippen molar-refractivity contribution < 1.29 is 18.8 Å². The van der Waals surface area contributed by atoms with Crippen molar-refractivity contribution in [3.05, 3.63) is 50.8 Å². The van der Waals surface area contributed by atoms with Gasteiger partial charge < -0.3 is 24.3 Å². The Morgan fingerprint density at radius 1 is 1.13 bits per heavy atom. The molecule has 4 aromatic rings. The van der Waals surface area contributed by atoms with Gasteiger partial charge in [0.25, 0.3) is 5.89 Å². The summed E-state index contributed by atoms with van der Waals surface area (Å²) < 4.78 is 17.6. The number of anilines is 1. The van der Waals surface area contributed by atoms with Crippen molar-refractivity contribution in [1.82, 2.24) is 15.1 Å². The van der Waals surface area contributed by atoms with Gasteiger partial charge in [0.2, 0.25) is 0 Å². The van der Waals surface area contributed by atoms with E-state index in [1.54, 1.807) is 39.5 Å². The lowest BCUT2D eigenvalue weighted by Crippen LogP contribution is -2.14. The number of carbonyl (C=O) groups excluding carboxylic acids is 1. The minimum atomic E-state index is -0.0801. The summed E-state index contributed by atoms with van der Waals surface area (Å²) in [5.41, 5.74) is 2.72. The van der Waals surface area contributed by atoms with Crippen LogP contribution in [-0.4, -0.2) is 41.7 Å². The van der Waals surface area contributed by atoms with Crippen LogP contribution >= 0.6 is 31.9 Å². The van der Waals surface area contributed by atoms with Crippen molar-refractivity contribution in [3.8, 4) is 23.0 Å². The summed E-state index contributed by atoms with van der Waals surface area (Å²) in [5, 5.41) is 7.81. The van der Waals surface area contributed by atoms with Crippen LogP contribution in [0.5, 0.6) is 11.5 Å². The zero-order chi connectivity index (χ0) is 22.1. The normalized spacial score (nSPS) is 11.0. The Labute approximate surface area is 194 Å². The van der Waals surface area contributed by atoms with Gasteiger partial charge in [0.15, 0.2) is 11.6 Å². The highest BCUT2D eigenvalue weighted by Crippen LogP contribution is 2.37. The summed E-state index contributed by atoms with van der Waals surface area (Å²) in [4.78, 5) is 20.4. The minimum absolute atomic E-state index is 0.0664. The molecule has 0 radical (unpaired) electrons. The number of methoxy groups -OCH3 is 2. The number of aromatic amines is 1. The lowest BCUT2D eigenvalue weighted by molar-refractivity contribution is 0.101. The minimum Gasteiger partial charge on any atom is -0.495 e. The second-order valence-corrected chi connectivity index (χ2v) is 8.40. The number of benzene rings is 2. The lowest BCUT2D eigenvalue weighted by atomic mass is 10.1. The number of H-pyrrole nitrogens is 1. The maximum Gasteiger partial charge on any atom is 0.259 e. The third-order valence-electron chi connectivity index (χ3n) is 4.74. The predicted molar refractivity (Wildman–Crippen MR) is 124 cm³/mol. The molecular formula is C21H18Br2N4O4. The molecule has 0 amide bonds. The number of nitrogens with one attached hydrogen (secondary N) is 2. The monoisotopic (exact) mass is 548 g/mol. The number of halogens is 2. The molecule has 0 unspecified atom stereocenters. The van der Waals surface area contributed by atoms with Gasteiger partial charge in [-0.05, 0) is 57.0 Å². The number of hydrogen-bond donors (Lipinski definition) is 2. The van der Waals surface area contributed by atoms with E-state index in [1.165, 1.54) is 0 Å². The average molecular weight is 550 g/mol. The topological polar surface area (TPSA) is 102 Å². The largest absolute Gasteiger partial charge is 0.495 e. The highest BCUT2D eigenvalue weighted by Gasteiger charge is 2.18. The Morgan fingerprint density at radius 2 is 1.90 bits per heavy atom. The van der Waals surface area contributed by atoms with Crippen molar-refractivity contribution >= 4 is 54.2 Å². The first kappa shape index (κ1) is 21.4. The molecule has 0 saturated carbocycles. The zero-order valence-electron chi connectivity index (χ0n) is 16.9. The smallest absolute Gasteiger partial charge is 0.259 e. The van der Waals surface area contributed by atoms with Gasteiger partial charge in [0, 0.05) is 33.2 Å². The molecule has 2 aromatic carbocycles. The van der Waals surface area contributed by atoms with Crippen LogP contribution in [0.1, 0.15) is 16.2 Å². The number of rotatable bonds is 7. The van der Waals surface area contributed by atoms with E-state index in [0.29, 0.717) is 40.0 Å². The van der Waals surface area contributed by atoms with Gasteiger partial charge in [-0.2, -0.15) is 4.98 Å². The maximum atomic E-state index is 13.0. The SMILES string of the molecule is COc1cc2[nH]cc(C(=O)CNc3cc(-c4nc(C)no4)c(Br)cc3OC)c2cc1Br. The molecule has 0 saturated heterocycles. The first-order chi connectivity index (χ1) is 14.9.